The number of aliphatic imine (C=N–C) groups is 1. The number of thiophene rings is 1. The normalized spacial score (nSPS) is 16.4. The van der Waals surface area contributed by atoms with E-state index in [-0.39, 0.29) is 37.7 Å². The molecule has 62 heavy (non-hydrogen) atoms. The summed E-state index contributed by atoms with van der Waals surface area (Å²) < 4.78 is 1.89. The van der Waals surface area contributed by atoms with Crippen LogP contribution >= 0.6 is 11.3 Å². The van der Waals surface area contributed by atoms with Crippen LogP contribution in [0.4, 0.5) is 4.79 Å². The molecule has 0 radical (unpaired) electrons. The molecule has 326 valence electrons. The molecule has 7 amide bonds. The van der Waals surface area contributed by atoms with Gasteiger partial charge in [0, 0.05) is 53.4 Å². The molecular formula is C43H50N10O8S. The summed E-state index contributed by atoms with van der Waals surface area (Å²) in [5.41, 5.74) is 7.85. The molecule has 1 fully saturated rings. The number of nitrogens with two attached hydrogens (primary N) is 1. The summed E-state index contributed by atoms with van der Waals surface area (Å²) >= 11 is 1.57. The number of rotatable bonds is 18. The molecule has 0 saturated heterocycles. The minimum absolute atomic E-state index is 0.0477. The summed E-state index contributed by atoms with van der Waals surface area (Å²) in [6, 6.07) is 4.87. The maximum absolute atomic E-state index is 13.7. The van der Waals surface area contributed by atoms with Gasteiger partial charge < -0.3 is 32.1 Å². The molecular weight excluding hydrogens is 817 g/mol. The summed E-state index contributed by atoms with van der Waals surface area (Å²) in [7, 11) is 0. The molecule has 2 aliphatic heterocycles. The predicted molar refractivity (Wildman–Crippen MR) is 228 cm³/mol. The van der Waals surface area contributed by atoms with Gasteiger partial charge in [0.1, 0.15) is 28.3 Å². The molecule has 0 bridgehead atoms. The van der Waals surface area contributed by atoms with Crippen LogP contribution in [0.1, 0.15) is 103 Å². The molecule has 3 aliphatic rings. The second kappa shape index (κ2) is 19.8. The number of benzene rings is 1. The summed E-state index contributed by atoms with van der Waals surface area (Å²) in [6.07, 6.45) is 5.82. The number of carbonyl (C=O) groups is 7. The Bertz CT molecular complexity index is 2370. The number of amides is 7. The molecule has 1 aliphatic carbocycles. The van der Waals surface area contributed by atoms with Crippen molar-refractivity contribution in [3.63, 3.8) is 0 Å². The van der Waals surface area contributed by atoms with Crippen molar-refractivity contribution in [3.8, 4) is 16.8 Å². The Balaban J connectivity index is 1.07. The predicted octanol–water partition coefficient (Wildman–Crippen LogP) is 2.40. The summed E-state index contributed by atoms with van der Waals surface area (Å²) in [5, 5.41) is 30.0. The molecule has 3 aromatic rings. The van der Waals surface area contributed by atoms with Gasteiger partial charge in [-0.1, -0.05) is 30.4 Å². The zero-order valence-electron chi connectivity index (χ0n) is 34.8. The fraction of sp³-hybridized carbons (Fsp3) is 0.442. The average molecular weight is 867 g/mol. The standard InChI is InChI=1S/C43H50N10O8S/c1-25-26(2)62-39-35(25)36(48-31(24-34(56)57)37-51-50-27(3)53(37)39)29-14-12-28(13-15-29)10-7-21-45-38(58)30(11-8-22-47-42(44)61)49-41(60)43(18-9-19-43)40(59)46-20-5-4-6-23-52-32(54)16-17-33(52)55/h12-17,30-31H,4-6,8-9,11,18-24H2,1-3H3,(H,45,58)(H,46,59)(H,49,60)(H,56,57)(H3,44,47,61)/t30-,31-/m0/s1. The first-order chi connectivity index (χ1) is 29.7. The highest BCUT2D eigenvalue weighted by Gasteiger charge is 2.51. The van der Waals surface area contributed by atoms with Crippen molar-refractivity contribution in [3.05, 3.63) is 75.2 Å². The molecule has 4 heterocycles. The second-order valence-electron chi connectivity index (χ2n) is 15.5. The number of nitrogens with one attached hydrogen (secondary N) is 4. The lowest BCUT2D eigenvalue weighted by molar-refractivity contribution is -0.151. The highest BCUT2D eigenvalue weighted by molar-refractivity contribution is 7.15. The molecule has 0 spiro atoms. The van der Waals surface area contributed by atoms with Crippen LogP contribution in [0, 0.1) is 38.0 Å². The van der Waals surface area contributed by atoms with Gasteiger partial charge in [-0.3, -0.25) is 43.2 Å². The van der Waals surface area contributed by atoms with Crippen LogP contribution in [0.5, 0.6) is 0 Å². The Hall–Kier alpha value is -6.68. The van der Waals surface area contributed by atoms with Gasteiger partial charge in [-0.25, -0.2) is 4.79 Å². The minimum atomic E-state index is -1.32. The van der Waals surface area contributed by atoms with Crippen LogP contribution in [0.3, 0.4) is 0 Å². The van der Waals surface area contributed by atoms with Gasteiger partial charge >= 0.3 is 12.0 Å². The number of hydrogen-bond acceptors (Lipinski definition) is 11. The van der Waals surface area contributed by atoms with E-state index in [1.807, 2.05) is 49.6 Å². The van der Waals surface area contributed by atoms with Crippen molar-refractivity contribution in [1.29, 1.82) is 0 Å². The van der Waals surface area contributed by atoms with Gasteiger partial charge in [0.05, 0.1) is 18.7 Å². The van der Waals surface area contributed by atoms with E-state index in [0.29, 0.717) is 81.0 Å². The van der Waals surface area contributed by atoms with Gasteiger partial charge in [0.15, 0.2) is 5.82 Å². The average Bonchev–Trinajstić information content (AvgIpc) is 3.82. The first kappa shape index (κ1) is 44.9. The largest absolute Gasteiger partial charge is 0.481 e. The minimum Gasteiger partial charge on any atom is -0.481 e. The molecule has 2 atom stereocenters. The highest BCUT2D eigenvalue weighted by Crippen LogP contribution is 2.42. The summed E-state index contributed by atoms with van der Waals surface area (Å²) in [5.74, 6) is 3.93. The number of imide groups is 1. The molecule has 7 N–H and O–H groups in total. The molecule has 1 saturated carbocycles. The monoisotopic (exact) mass is 866 g/mol. The smallest absolute Gasteiger partial charge is 0.312 e. The van der Waals surface area contributed by atoms with E-state index in [2.05, 4.69) is 43.3 Å². The van der Waals surface area contributed by atoms with Gasteiger partial charge in [-0.05, 0) is 83.4 Å². The van der Waals surface area contributed by atoms with E-state index >= 15 is 0 Å². The summed E-state index contributed by atoms with van der Waals surface area (Å²) in [6.45, 7) is 6.59. The van der Waals surface area contributed by atoms with E-state index in [4.69, 9.17) is 10.7 Å². The van der Waals surface area contributed by atoms with Crippen LogP contribution in [-0.2, 0) is 28.8 Å². The number of aryl methyl sites for hydroxylation is 2. The van der Waals surface area contributed by atoms with Crippen molar-refractivity contribution in [1.82, 2.24) is 40.9 Å². The lowest BCUT2D eigenvalue weighted by atomic mass is 9.67. The van der Waals surface area contributed by atoms with Crippen LogP contribution in [0.15, 0.2) is 41.4 Å². The van der Waals surface area contributed by atoms with Gasteiger partial charge in [-0.2, -0.15) is 0 Å². The number of primary amides is 1. The topological polar surface area (TPSA) is 260 Å². The van der Waals surface area contributed by atoms with Crippen molar-refractivity contribution in [2.75, 3.05) is 26.2 Å². The highest BCUT2D eigenvalue weighted by atomic mass is 32.1. The lowest BCUT2D eigenvalue weighted by Gasteiger charge is -2.39. The number of unbranched alkanes of at least 4 members (excludes halogenated alkanes) is 2. The first-order valence-electron chi connectivity index (χ1n) is 20.6. The number of aliphatic carboxylic acids is 1. The SMILES string of the molecule is Cc1sc2c(c1C)C(c1ccc(C#CCNC(=O)[C@H](CCCNC(N)=O)NC(=O)C3(C(=O)NCCCCCN4C(=O)C=CC4=O)CCC3)cc1)=N[C@@H](CC(=O)O)c1nnc(C)n1-2. The fourth-order valence-corrected chi connectivity index (χ4v) is 8.78. The number of carbonyl (C=O) groups excluding carboxylic acids is 6. The lowest BCUT2D eigenvalue weighted by Crippen LogP contribution is -2.59. The molecule has 0 unspecified atom stereocenters. The fourth-order valence-electron chi connectivity index (χ4n) is 7.57. The van der Waals surface area contributed by atoms with E-state index in [1.165, 1.54) is 17.1 Å². The second-order valence-corrected chi connectivity index (χ2v) is 16.7. The number of nitrogens with zero attached hydrogens (tertiary/aromatic N) is 5. The van der Waals surface area contributed by atoms with E-state index < -0.39 is 47.2 Å². The third-order valence-electron chi connectivity index (χ3n) is 11.3. The third-order valence-corrected chi connectivity index (χ3v) is 12.5. The Kier molecular flexibility index (Phi) is 14.3. The quantitative estimate of drug-likeness (QED) is 0.0471. The van der Waals surface area contributed by atoms with Gasteiger partial charge in [0.25, 0.3) is 11.8 Å². The number of aromatic nitrogens is 3. The van der Waals surface area contributed by atoms with E-state index in [1.54, 1.807) is 11.3 Å². The van der Waals surface area contributed by atoms with Crippen molar-refractivity contribution >= 4 is 58.6 Å². The molecule has 6 rings (SSSR count). The number of urea groups is 1. The Labute approximate surface area is 362 Å². The van der Waals surface area contributed by atoms with Gasteiger partial charge in [0.2, 0.25) is 17.7 Å². The number of fused-ring (bicyclic) bond motifs is 3. The van der Waals surface area contributed by atoms with Crippen molar-refractivity contribution < 1.29 is 38.7 Å². The molecule has 2 aromatic heterocycles. The van der Waals surface area contributed by atoms with Crippen molar-refractivity contribution in [2.24, 2.45) is 16.1 Å². The number of carboxylic acid groups (broad SMARTS) is 1. The Morgan fingerprint density at radius 1 is 0.935 bits per heavy atom. The maximum atomic E-state index is 13.7. The van der Waals surface area contributed by atoms with Crippen LogP contribution in [0.25, 0.3) is 5.00 Å². The first-order valence-corrected chi connectivity index (χ1v) is 21.4. The zero-order valence-corrected chi connectivity index (χ0v) is 35.7. The Morgan fingerprint density at radius 2 is 1.65 bits per heavy atom. The summed E-state index contributed by atoms with van der Waals surface area (Å²) in [4.78, 5) is 94.4. The van der Waals surface area contributed by atoms with Crippen LogP contribution in [0.2, 0.25) is 0 Å². The molecule has 18 nitrogen and oxygen atoms in total. The van der Waals surface area contributed by atoms with Crippen molar-refractivity contribution in [2.45, 2.75) is 90.6 Å². The number of hydrogen-bond donors (Lipinski definition) is 6. The third kappa shape index (κ3) is 10.1. The van der Waals surface area contributed by atoms with E-state index in [0.717, 1.165) is 26.6 Å². The zero-order chi connectivity index (χ0) is 44.6. The maximum Gasteiger partial charge on any atom is 0.312 e. The number of carboxylic acids is 1. The molecule has 1 aromatic carbocycles. The van der Waals surface area contributed by atoms with Crippen LogP contribution in [-0.4, -0.2) is 104 Å². The van der Waals surface area contributed by atoms with Gasteiger partial charge in [-0.15, -0.1) is 21.5 Å². The van der Waals surface area contributed by atoms with E-state index in [9.17, 15) is 38.7 Å². The molecule has 19 heteroatoms. The Morgan fingerprint density at radius 3 is 2.31 bits per heavy atom. The van der Waals surface area contributed by atoms with Crippen LogP contribution < -0.4 is 27.0 Å².